The van der Waals surface area contributed by atoms with Crippen molar-refractivity contribution in [2.75, 3.05) is 19.6 Å². The van der Waals surface area contributed by atoms with E-state index in [1.807, 2.05) is 0 Å². The van der Waals surface area contributed by atoms with Crippen molar-refractivity contribution in [2.24, 2.45) is 5.41 Å². The van der Waals surface area contributed by atoms with Crippen molar-refractivity contribution < 1.29 is 42.0 Å². The van der Waals surface area contributed by atoms with Crippen LogP contribution < -0.4 is 9.38 Å². The van der Waals surface area contributed by atoms with E-state index in [1.165, 1.54) is 13.1 Å². The molecule has 0 aromatic heterocycles. The van der Waals surface area contributed by atoms with Gasteiger partial charge in [-0.05, 0) is 45.9 Å². The molecule has 1 aliphatic rings. The lowest BCUT2D eigenvalue weighted by Gasteiger charge is -2.28. The standard InChI is InChI=1S/C20H28BNO9S/c1-20(2,3)19(25)30-12-29-18(24)16-7-5-6-13-10-14(21(26)31-17(13)16)11-15(23)8-9-32(27,28)22-4/h5-7,14,22,26H,8-12H2,1-4H3/t14-/m1/s1. The molecule has 176 valence electrons. The number of Topliss-reactive ketones (excluding diaryl/α,β-unsaturated/α-hetero) is 1. The third kappa shape index (κ3) is 7.04. The molecule has 0 bridgehead atoms. The van der Waals surface area contributed by atoms with Crippen LogP contribution in [-0.2, 0) is 35.5 Å². The Morgan fingerprint density at radius 2 is 1.94 bits per heavy atom. The first kappa shape index (κ1) is 25.8. The Labute approximate surface area is 187 Å². The van der Waals surface area contributed by atoms with Crippen LogP contribution in [0.25, 0.3) is 0 Å². The van der Waals surface area contributed by atoms with Crippen molar-refractivity contribution in [3.05, 3.63) is 29.3 Å². The predicted molar refractivity (Wildman–Crippen MR) is 115 cm³/mol. The van der Waals surface area contributed by atoms with Gasteiger partial charge in [0.1, 0.15) is 17.1 Å². The maximum absolute atomic E-state index is 12.4. The molecule has 1 atom stereocenters. The molecule has 0 spiro atoms. The summed E-state index contributed by atoms with van der Waals surface area (Å²) in [6.07, 6.45) is -0.00266. The fraction of sp³-hybridized carbons (Fsp3) is 0.550. The smallest absolute Gasteiger partial charge is 0.526 e. The highest BCUT2D eigenvalue weighted by atomic mass is 32.2. The Bertz CT molecular complexity index is 972. The van der Waals surface area contributed by atoms with Gasteiger partial charge in [0.25, 0.3) is 0 Å². The molecule has 1 aromatic carbocycles. The summed E-state index contributed by atoms with van der Waals surface area (Å²) in [4.78, 5) is 36.4. The first-order chi connectivity index (χ1) is 14.8. The van der Waals surface area contributed by atoms with Crippen LogP contribution in [0.1, 0.15) is 49.5 Å². The Balaban J connectivity index is 2.01. The summed E-state index contributed by atoms with van der Waals surface area (Å²) in [5.41, 5.74) is -0.0924. The third-order valence-corrected chi connectivity index (χ3v) is 6.25. The third-order valence-electron chi connectivity index (χ3n) is 4.88. The van der Waals surface area contributed by atoms with Crippen molar-refractivity contribution in [3.63, 3.8) is 0 Å². The first-order valence-corrected chi connectivity index (χ1v) is 11.7. The van der Waals surface area contributed by atoms with Gasteiger partial charge in [-0.1, -0.05) is 12.1 Å². The van der Waals surface area contributed by atoms with Gasteiger partial charge in [0.05, 0.1) is 11.2 Å². The topological polar surface area (TPSA) is 145 Å². The van der Waals surface area contributed by atoms with Gasteiger partial charge in [-0.3, -0.25) is 9.59 Å². The van der Waals surface area contributed by atoms with E-state index in [9.17, 15) is 27.8 Å². The van der Waals surface area contributed by atoms with E-state index >= 15 is 0 Å². The predicted octanol–water partition coefficient (Wildman–Crippen LogP) is 1.07. The van der Waals surface area contributed by atoms with Gasteiger partial charge in [0, 0.05) is 18.7 Å². The zero-order valence-electron chi connectivity index (χ0n) is 18.5. The lowest BCUT2D eigenvalue weighted by molar-refractivity contribution is -0.161. The molecule has 0 unspecified atom stereocenters. The second-order valence-corrected chi connectivity index (χ2v) is 10.6. The van der Waals surface area contributed by atoms with E-state index in [4.69, 9.17) is 14.1 Å². The van der Waals surface area contributed by atoms with Crippen molar-refractivity contribution in [1.29, 1.82) is 0 Å². The van der Waals surface area contributed by atoms with Crippen LogP contribution in [0.2, 0.25) is 5.82 Å². The number of sulfonamides is 1. The average molecular weight is 469 g/mol. The highest BCUT2D eigenvalue weighted by molar-refractivity contribution is 7.89. The number of hydrogen-bond donors (Lipinski definition) is 2. The van der Waals surface area contributed by atoms with E-state index in [-0.39, 0.29) is 42.1 Å². The SMILES string of the molecule is CNS(=O)(=O)CCC(=O)C[C@H]1Cc2cccc(C(=O)OCOC(=O)C(C)(C)C)c2OB1O. The van der Waals surface area contributed by atoms with E-state index in [0.29, 0.717) is 5.56 Å². The number of fused-ring (bicyclic) bond motifs is 1. The van der Waals surface area contributed by atoms with Crippen molar-refractivity contribution in [1.82, 2.24) is 4.72 Å². The van der Waals surface area contributed by atoms with E-state index in [0.717, 1.165) is 0 Å². The zero-order chi connectivity index (χ0) is 24.1. The summed E-state index contributed by atoms with van der Waals surface area (Å²) < 4.78 is 40.5. The number of para-hydroxylation sites is 1. The fourth-order valence-electron chi connectivity index (χ4n) is 2.99. The number of carbonyl (C=O) groups excluding carboxylic acids is 3. The molecule has 2 rings (SSSR count). The number of ketones is 1. The molecule has 0 aliphatic carbocycles. The van der Waals surface area contributed by atoms with Crippen molar-refractivity contribution >= 4 is 34.9 Å². The summed E-state index contributed by atoms with van der Waals surface area (Å²) in [6, 6.07) is 4.75. The summed E-state index contributed by atoms with van der Waals surface area (Å²) in [6.45, 7) is 4.44. The van der Waals surface area contributed by atoms with Crippen LogP contribution in [0.3, 0.4) is 0 Å². The molecule has 2 N–H and O–H groups in total. The van der Waals surface area contributed by atoms with Gasteiger partial charge in [0.15, 0.2) is 0 Å². The second kappa shape index (κ2) is 10.5. The lowest BCUT2D eigenvalue weighted by Crippen LogP contribution is -2.36. The quantitative estimate of drug-likeness (QED) is 0.308. The second-order valence-electron chi connectivity index (χ2n) is 8.51. The Morgan fingerprint density at radius 1 is 1.25 bits per heavy atom. The largest absolute Gasteiger partial charge is 0.535 e. The minimum absolute atomic E-state index is 0.0539. The molecule has 0 saturated heterocycles. The van der Waals surface area contributed by atoms with Crippen LogP contribution in [0.5, 0.6) is 5.75 Å². The van der Waals surface area contributed by atoms with E-state index in [2.05, 4.69) is 4.72 Å². The van der Waals surface area contributed by atoms with E-state index in [1.54, 1.807) is 32.9 Å². The fourth-order valence-corrected chi connectivity index (χ4v) is 3.69. The number of benzene rings is 1. The summed E-state index contributed by atoms with van der Waals surface area (Å²) in [5, 5.41) is 10.4. The highest BCUT2D eigenvalue weighted by Gasteiger charge is 2.38. The number of carbonyl (C=O) groups is 3. The Hall–Kier alpha value is -2.44. The minimum atomic E-state index is -3.50. The molecular formula is C20H28BNO9S. The molecule has 1 heterocycles. The normalized spacial score (nSPS) is 16.0. The maximum atomic E-state index is 12.4. The number of hydrogen-bond acceptors (Lipinski definition) is 9. The van der Waals surface area contributed by atoms with Crippen LogP contribution in [0, 0.1) is 5.41 Å². The molecule has 1 aliphatic heterocycles. The molecule has 10 nitrogen and oxygen atoms in total. The number of nitrogens with one attached hydrogen (secondary N) is 1. The van der Waals surface area contributed by atoms with Crippen LogP contribution >= 0.6 is 0 Å². The monoisotopic (exact) mass is 469 g/mol. The molecule has 0 fully saturated rings. The van der Waals surface area contributed by atoms with Gasteiger partial charge in [-0.25, -0.2) is 17.9 Å². The number of rotatable bonds is 9. The average Bonchev–Trinajstić information content (AvgIpc) is 2.71. The van der Waals surface area contributed by atoms with Crippen LogP contribution in [-0.4, -0.2) is 57.9 Å². The summed E-state index contributed by atoms with van der Waals surface area (Å²) >= 11 is 0. The van der Waals surface area contributed by atoms with Gasteiger partial charge in [0.2, 0.25) is 16.8 Å². The first-order valence-electron chi connectivity index (χ1n) is 10.1. The van der Waals surface area contributed by atoms with Crippen LogP contribution in [0.15, 0.2) is 18.2 Å². The van der Waals surface area contributed by atoms with Crippen molar-refractivity contribution in [3.8, 4) is 5.75 Å². The minimum Gasteiger partial charge on any atom is -0.535 e. The van der Waals surface area contributed by atoms with Crippen LogP contribution in [0.4, 0.5) is 0 Å². The molecule has 0 saturated carbocycles. The maximum Gasteiger partial charge on any atom is 0.526 e. The van der Waals surface area contributed by atoms with E-state index < -0.39 is 47.1 Å². The highest BCUT2D eigenvalue weighted by Crippen LogP contribution is 2.36. The molecule has 0 radical (unpaired) electrons. The molecule has 1 aromatic rings. The van der Waals surface area contributed by atoms with Gasteiger partial charge >= 0.3 is 19.1 Å². The number of ether oxygens (including phenoxy) is 2. The lowest BCUT2D eigenvalue weighted by atomic mass is 9.64. The summed E-state index contributed by atoms with van der Waals surface area (Å²) in [5.74, 6) is -2.43. The van der Waals surface area contributed by atoms with Crippen molar-refractivity contribution in [2.45, 2.75) is 45.9 Å². The Kier molecular flexibility index (Phi) is 8.44. The van der Waals surface area contributed by atoms with Gasteiger partial charge in [-0.15, -0.1) is 0 Å². The number of esters is 2. The molecular weight excluding hydrogens is 441 g/mol. The molecule has 0 amide bonds. The van der Waals surface area contributed by atoms with Gasteiger partial charge < -0.3 is 19.2 Å². The summed E-state index contributed by atoms with van der Waals surface area (Å²) in [7, 11) is -3.59. The molecule has 32 heavy (non-hydrogen) atoms. The van der Waals surface area contributed by atoms with Gasteiger partial charge in [-0.2, -0.15) is 0 Å². The molecule has 12 heteroatoms. The zero-order valence-corrected chi connectivity index (χ0v) is 19.4. The Morgan fingerprint density at radius 3 is 2.56 bits per heavy atom.